The zero-order valence-electron chi connectivity index (χ0n) is 27.6. The van der Waals surface area contributed by atoms with Crippen LogP contribution >= 0.6 is 0 Å². The van der Waals surface area contributed by atoms with Crippen LogP contribution in [0, 0.1) is 0 Å². The minimum Gasteiger partial charge on any atom is -0.507 e. The maximum atomic E-state index is 11.2. The van der Waals surface area contributed by atoms with E-state index in [1.807, 2.05) is 12.4 Å². The first-order chi connectivity index (χ1) is 18.2. The molecule has 5 heteroatoms. The molecule has 2 atom stereocenters. The van der Waals surface area contributed by atoms with Crippen molar-refractivity contribution in [3.05, 3.63) is 57.6 Å². The van der Waals surface area contributed by atoms with Gasteiger partial charge in [-0.05, 0) is 57.8 Å². The van der Waals surface area contributed by atoms with Crippen molar-refractivity contribution in [1.29, 1.82) is 0 Å². The number of phenols is 2. The molecule has 1 aliphatic carbocycles. The van der Waals surface area contributed by atoms with Crippen LogP contribution in [0.25, 0.3) is 0 Å². The summed E-state index contributed by atoms with van der Waals surface area (Å²) in [6.45, 7) is 26.0. The van der Waals surface area contributed by atoms with Crippen LogP contribution in [0.4, 0.5) is 0 Å². The van der Waals surface area contributed by atoms with Gasteiger partial charge in [-0.25, -0.2) is 0 Å². The molecule has 0 bridgehead atoms. The van der Waals surface area contributed by atoms with Gasteiger partial charge in [-0.3, -0.25) is 9.98 Å². The van der Waals surface area contributed by atoms with E-state index in [1.165, 1.54) is 11.1 Å². The Morgan fingerprint density at radius 1 is 0.561 bits per heavy atom. The van der Waals surface area contributed by atoms with Crippen molar-refractivity contribution in [2.24, 2.45) is 9.98 Å². The summed E-state index contributed by atoms with van der Waals surface area (Å²) >= 11 is 0. The summed E-state index contributed by atoms with van der Waals surface area (Å²) in [5.41, 5.74) is 5.39. The average Bonchev–Trinajstić information content (AvgIpc) is 2.80. The second kappa shape index (κ2) is 12.6. The first-order valence-electron chi connectivity index (χ1n) is 15.0. The molecule has 1 radical (unpaired) electrons. The quantitative estimate of drug-likeness (QED) is 0.271. The summed E-state index contributed by atoms with van der Waals surface area (Å²) in [7, 11) is 0. The molecule has 0 spiro atoms. The molecule has 2 aromatic rings. The van der Waals surface area contributed by atoms with Gasteiger partial charge in [0.15, 0.2) is 0 Å². The Bertz CT molecular complexity index is 1170. The molecule has 3 rings (SSSR count). The van der Waals surface area contributed by atoms with Gasteiger partial charge in [-0.2, -0.15) is 0 Å². The van der Waals surface area contributed by atoms with E-state index in [-0.39, 0.29) is 50.8 Å². The van der Waals surface area contributed by atoms with Gasteiger partial charge in [0.05, 0.1) is 12.1 Å². The fourth-order valence-electron chi connectivity index (χ4n) is 5.31. The molecule has 227 valence electrons. The maximum Gasteiger partial charge on any atom is 0.128 e. The van der Waals surface area contributed by atoms with Crippen LogP contribution in [0.3, 0.4) is 0 Å². The summed E-state index contributed by atoms with van der Waals surface area (Å²) in [6, 6.07) is 8.53. The fraction of sp³-hybridized carbons (Fsp3) is 0.611. The van der Waals surface area contributed by atoms with E-state index in [1.54, 1.807) is 0 Å². The Morgan fingerprint density at radius 2 is 0.878 bits per heavy atom. The largest absolute Gasteiger partial charge is 0.507 e. The van der Waals surface area contributed by atoms with Crippen molar-refractivity contribution in [2.45, 2.75) is 143 Å². The monoisotopic (exact) mass is 601 g/mol. The first-order valence-corrected chi connectivity index (χ1v) is 15.0. The topological polar surface area (TPSA) is 65.2 Å². The van der Waals surface area contributed by atoms with Crippen LogP contribution in [0.1, 0.15) is 142 Å². The van der Waals surface area contributed by atoms with Crippen molar-refractivity contribution in [3.63, 3.8) is 0 Å². The molecular weight excluding hydrogens is 547 g/mol. The van der Waals surface area contributed by atoms with Crippen LogP contribution < -0.4 is 0 Å². The molecular formula is C36H54MnN2O2. The van der Waals surface area contributed by atoms with Crippen molar-refractivity contribution < 1.29 is 27.3 Å². The zero-order valence-corrected chi connectivity index (χ0v) is 28.8. The molecule has 1 aliphatic rings. The van der Waals surface area contributed by atoms with Gasteiger partial charge < -0.3 is 10.2 Å². The number of benzene rings is 2. The van der Waals surface area contributed by atoms with Crippen molar-refractivity contribution in [1.82, 2.24) is 0 Å². The molecule has 0 amide bonds. The summed E-state index contributed by atoms with van der Waals surface area (Å²) in [6.07, 6.45) is 7.90. The summed E-state index contributed by atoms with van der Waals surface area (Å²) in [4.78, 5) is 10.1. The minimum absolute atomic E-state index is 0. The molecule has 0 aromatic heterocycles. The second-order valence-electron chi connectivity index (χ2n) is 15.9. The van der Waals surface area contributed by atoms with Crippen LogP contribution in [0.5, 0.6) is 11.5 Å². The smallest absolute Gasteiger partial charge is 0.128 e. The molecule has 41 heavy (non-hydrogen) atoms. The Labute approximate surface area is 260 Å². The summed E-state index contributed by atoms with van der Waals surface area (Å²) < 4.78 is 0. The van der Waals surface area contributed by atoms with Gasteiger partial charge >= 0.3 is 0 Å². The van der Waals surface area contributed by atoms with Gasteiger partial charge in [0.1, 0.15) is 11.5 Å². The van der Waals surface area contributed by atoms with Crippen molar-refractivity contribution in [2.75, 3.05) is 0 Å². The molecule has 0 aliphatic heterocycles. The number of hydrogen-bond acceptors (Lipinski definition) is 4. The number of aromatic hydroxyl groups is 2. The van der Waals surface area contributed by atoms with Crippen LogP contribution in [-0.2, 0) is 38.7 Å². The first kappa shape index (κ1) is 35.1. The Morgan fingerprint density at radius 3 is 1.15 bits per heavy atom. The van der Waals surface area contributed by atoms with Gasteiger partial charge in [0.2, 0.25) is 0 Å². The normalized spacial score (nSPS) is 19.1. The number of phenolic OH excluding ortho intramolecular Hbond substituents is 2. The summed E-state index contributed by atoms with van der Waals surface area (Å²) in [5.74, 6) is 0.637. The van der Waals surface area contributed by atoms with Crippen LogP contribution in [0.15, 0.2) is 34.3 Å². The predicted octanol–water partition coefficient (Wildman–Crippen LogP) is 9.13. The number of rotatable bonds is 4. The van der Waals surface area contributed by atoms with E-state index < -0.39 is 0 Å². The van der Waals surface area contributed by atoms with Crippen molar-refractivity contribution in [3.8, 4) is 11.5 Å². The van der Waals surface area contributed by atoms with E-state index in [9.17, 15) is 10.2 Å². The van der Waals surface area contributed by atoms with E-state index in [2.05, 4.69) is 107 Å². The number of aliphatic imine (C=N–C) groups is 2. The molecule has 1 saturated carbocycles. The third-order valence-corrected chi connectivity index (χ3v) is 8.13. The fourth-order valence-corrected chi connectivity index (χ4v) is 5.31. The van der Waals surface area contributed by atoms with Gasteiger partial charge in [0.25, 0.3) is 0 Å². The third kappa shape index (κ3) is 8.71. The van der Waals surface area contributed by atoms with Crippen LogP contribution in [0.2, 0.25) is 0 Å². The molecule has 2 aromatic carbocycles. The van der Waals surface area contributed by atoms with Crippen LogP contribution in [-0.4, -0.2) is 34.7 Å². The molecule has 4 nitrogen and oxygen atoms in total. The summed E-state index contributed by atoms with van der Waals surface area (Å²) in [5, 5.41) is 22.5. The SMILES string of the molecule is CC(C)(C)c1cc(C=N[C@@H]2CCCC[C@H]2N=Cc2cc(C(C)(C)C)cc(C(C)(C)C)c2O)c(O)c(C(C)(C)C)c1.[Mn]. The van der Waals surface area contributed by atoms with E-state index in [4.69, 9.17) is 9.98 Å². The second-order valence-corrected chi connectivity index (χ2v) is 15.9. The average molecular weight is 602 g/mol. The van der Waals surface area contributed by atoms with Gasteiger partial charge in [-0.1, -0.05) is 108 Å². The standard InChI is InChI=1S/C36H54N2O2.Mn/c1-33(2,3)25-17-23(31(39)27(19-25)35(7,8)9)21-37-29-15-13-14-16-30(29)38-22-24-18-26(34(4,5)6)20-28(32(24)40)36(10,11)12;/h17-22,29-30,39-40H,13-16H2,1-12H3;/t29-,30-;/m1./s1. The van der Waals surface area contributed by atoms with E-state index >= 15 is 0 Å². The molecule has 1 fully saturated rings. The molecule has 0 unspecified atom stereocenters. The Hall–Kier alpha value is -2.10. The predicted molar refractivity (Wildman–Crippen MR) is 172 cm³/mol. The van der Waals surface area contributed by atoms with Gasteiger partial charge in [-0.15, -0.1) is 0 Å². The Kier molecular flexibility index (Phi) is 10.8. The molecule has 0 saturated heterocycles. The number of hydrogen-bond donors (Lipinski definition) is 2. The van der Waals surface area contributed by atoms with E-state index in [0.29, 0.717) is 11.5 Å². The number of nitrogens with zero attached hydrogens (tertiary/aromatic N) is 2. The molecule has 0 heterocycles. The van der Waals surface area contributed by atoms with Gasteiger partial charge in [0, 0.05) is 51.8 Å². The van der Waals surface area contributed by atoms with E-state index in [0.717, 1.165) is 47.9 Å². The van der Waals surface area contributed by atoms with Crippen molar-refractivity contribution >= 4 is 12.4 Å². The zero-order chi connectivity index (χ0) is 30.3. The molecule has 2 N–H and O–H groups in total. The minimum atomic E-state index is -0.179. The maximum absolute atomic E-state index is 11.2. The third-order valence-electron chi connectivity index (χ3n) is 8.13. The Balaban J connectivity index is 0.00000588.